The molecule has 0 radical (unpaired) electrons. The number of aliphatic hydroxyl groups is 2. The van der Waals surface area contributed by atoms with Crippen LogP contribution in [0.4, 0.5) is 11.5 Å². The molecule has 1 saturated carbocycles. The van der Waals surface area contributed by atoms with E-state index in [-0.39, 0.29) is 30.0 Å². The summed E-state index contributed by atoms with van der Waals surface area (Å²) in [6.45, 7) is 4.64. The molecule has 1 aliphatic carbocycles. The van der Waals surface area contributed by atoms with Crippen LogP contribution in [0.3, 0.4) is 0 Å². The maximum atomic E-state index is 13.0. The SMILES string of the molecule is CCCCNc1nc(SCCC)nc2c1nnn2[C@@H]1C[C@H](C(=O)NCc2cc([N+](=O)[O-])ccc2O)[C@@H](O)[C@H]1O. The number of rotatable bonds is 12. The normalized spacial score (nSPS) is 20.8. The molecule has 1 aromatic carbocycles. The molecule has 210 valence electrons. The van der Waals surface area contributed by atoms with Crippen LogP contribution in [0, 0.1) is 16.0 Å². The summed E-state index contributed by atoms with van der Waals surface area (Å²) >= 11 is 1.49. The van der Waals surface area contributed by atoms with Crippen LogP contribution in [-0.2, 0) is 11.3 Å². The van der Waals surface area contributed by atoms with Crippen molar-refractivity contribution in [3.05, 3.63) is 33.9 Å². The first-order valence-electron chi connectivity index (χ1n) is 12.8. The van der Waals surface area contributed by atoms with Crippen LogP contribution >= 0.6 is 11.8 Å². The quantitative estimate of drug-likeness (QED) is 0.0711. The highest BCUT2D eigenvalue weighted by atomic mass is 32.2. The summed E-state index contributed by atoms with van der Waals surface area (Å²) in [4.78, 5) is 32.6. The molecule has 2 heterocycles. The number of non-ortho nitro benzene ring substituents is 1. The zero-order valence-corrected chi connectivity index (χ0v) is 22.5. The molecule has 1 amide bonds. The molecule has 0 saturated heterocycles. The number of nitro groups is 1. The number of phenolic OH excluding ortho intramolecular Hbond substituents is 1. The number of nitrogens with one attached hydrogen (secondary N) is 2. The molecule has 0 aliphatic heterocycles. The Kier molecular flexibility index (Phi) is 9.14. The topological polar surface area (TPSA) is 201 Å². The molecule has 0 spiro atoms. The largest absolute Gasteiger partial charge is 0.508 e. The van der Waals surface area contributed by atoms with Crippen LogP contribution < -0.4 is 10.6 Å². The molecule has 4 atom stereocenters. The van der Waals surface area contributed by atoms with E-state index in [1.165, 1.54) is 28.6 Å². The fourth-order valence-electron chi connectivity index (χ4n) is 4.45. The molecule has 4 rings (SSSR count). The molecule has 2 aromatic heterocycles. The first-order valence-corrected chi connectivity index (χ1v) is 13.8. The lowest BCUT2D eigenvalue weighted by molar-refractivity contribution is -0.384. The maximum Gasteiger partial charge on any atom is 0.270 e. The number of aromatic nitrogens is 5. The van der Waals surface area contributed by atoms with E-state index in [0.29, 0.717) is 28.7 Å². The summed E-state index contributed by atoms with van der Waals surface area (Å²) in [5, 5.41) is 57.6. The highest BCUT2D eigenvalue weighted by Crippen LogP contribution is 2.37. The van der Waals surface area contributed by atoms with Crippen molar-refractivity contribution in [3.8, 4) is 5.75 Å². The second-order valence-corrected chi connectivity index (χ2v) is 10.4. The number of anilines is 1. The number of amides is 1. The predicted molar refractivity (Wildman–Crippen MR) is 143 cm³/mol. The Morgan fingerprint density at radius 2 is 2.03 bits per heavy atom. The van der Waals surface area contributed by atoms with Gasteiger partial charge in [-0.1, -0.05) is 37.2 Å². The summed E-state index contributed by atoms with van der Waals surface area (Å²) in [6.07, 6.45) is 0.201. The van der Waals surface area contributed by atoms with Crippen molar-refractivity contribution in [2.45, 2.75) is 69.5 Å². The number of carbonyl (C=O) groups is 1. The minimum Gasteiger partial charge on any atom is -0.508 e. The van der Waals surface area contributed by atoms with Crippen molar-refractivity contribution in [2.75, 3.05) is 17.6 Å². The average molecular weight is 561 g/mol. The lowest BCUT2D eigenvalue weighted by atomic mass is 10.0. The van der Waals surface area contributed by atoms with E-state index in [1.807, 2.05) is 0 Å². The standard InChI is InChI=1S/C24H32N8O6S/c1-3-5-8-25-21-18-22(28-24(27-21)39-9-4-2)31(30-29-18)16-11-15(19(34)20(16)35)23(36)26-12-13-10-14(32(37)38)6-7-17(13)33/h6-7,10,15-16,19-20,33-35H,3-5,8-9,11-12H2,1-2H3,(H,26,36)(H,25,27,28)/t15-,16+,19+,20-/m0/s1. The number of benzene rings is 1. The second kappa shape index (κ2) is 12.5. The van der Waals surface area contributed by atoms with Crippen molar-refractivity contribution in [1.82, 2.24) is 30.3 Å². The first kappa shape index (κ1) is 28.4. The number of carbonyl (C=O) groups excluding carboxylic acids is 1. The molecule has 1 fully saturated rings. The van der Waals surface area contributed by atoms with E-state index < -0.39 is 35.0 Å². The van der Waals surface area contributed by atoms with Gasteiger partial charge in [0.2, 0.25) is 5.91 Å². The smallest absolute Gasteiger partial charge is 0.270 e. The molecular formula is C24H32N8O6S. The van der Waals surface area contributed by atoms with Gasteiger partial charge in [0, 0.05) is 36.5 Å². The van der Waals surface area contributed by atoms with Gasteiger partial charge in [0.15, 0.2) is 22.1 Å². The summed E-state index contributed by atoms with van der Waals surface area (Å²) in [6, 6.07) is 2.72. The van der Waals surface area contributed by atoms with Crippen LogP contribution in [0.1, 0.15) is 51.1 Å². The van der Waals surface area contributed by atoms with Crippen LogP contribution in [0.15, 0.2) is 23.4 Å². The van der Waals surface area contributed by atoms with E-state index in [4.69, 9.17) is 0 Å². The van der Waals surface area contributed by atoms with Crippen molar-refractivity contribution in [3.63, 3.8) is 0 Å². The number of nitrogens with zero attached hydrogens (tertiary/aromatic N) is 6. The van der Waals surface area contributed by atoms with Gasteiger partial charge >= 0.3 is 0 Å². The number of hydrogen-bond acceptors (Lipinski definition) is 12. The number of hydrogen-bond donors (Lipinski definition) is 5. The second-order valence-electron chi connectivity index (χ2n) is 9.37. The Morgan fingerprint density at radius 1 is 1.23 bits per heavy atom. The zero-order valence-electron chi connectivity index (χ0n) is 21.6. The molecule has 0 bridgehead atoms. The summed E-state index contributed by atoms with van der Waals surface area (Å²) < 4.78 is 1.44. The Morgan fingerprint density at radius 3 is 2.74 bits per heavy atom. The number of unbranched alkanes of at least 4 members (excludes halogenated alkanes) is 1. The van der Waals surface area contributed by atoms with Crippen molar-refractivity contribution in [2.24, 2.45) is 5.92 Å². The fourth-order valence-corrected chi connectivity index (χ4v) is 5.14. The Labute approximate surface area is 228 Å². The Hall–Kier alpha value is -3.56. The van der Waals surface area contributed by atoms with Crippen LogP contribution in [0.2, 0.25) is 0 Å². The van der Waals surface area contributed by atoms with Crippen molar-refractivity contribution in [1.29, 1.82) is 0 Å². The van der Waals surface area contributed by atoms with E-state index in [2.05, 4.69) is 44.8 Å². The lowest BCUT2D eigenvalue weighted by Gasteiger charge is -2.17. The highest BCUT2D eigenvalue weighted by Gasteiger charge is 2.47. The van der Waals surface area contributed by atoms with Gasteiger partial charge in [0.05, 0.1) is 23.0 Å². The van der Waals surface area contributed by atoms with E-state index >= 15 is 0 Å². The predicted octanol–water partition coefficient (Wildman–Crippen LogP) is 2.15. The van der Waals surface area contributed by atoms with Gasteiger partial charge in [-0.25, -0.2) is 14.6 Å². The molecule has 39 heavy (non-hydrogen) atoms. The summed E-state index contributed by atoms with van der Waals surface area (Å²) in [5.41, 5.74) is 0.749. The highest BCUT2D eigenvalue weighted by molar-refractivity contribution is 7.99. The number of phenols is 1. The minimum atomic E-state index is -1.40. The number of thioether (sulfide) groups is 1. The lowest BCUT2D eigenvalue weighted by Crippen LogP contribution is -2.38. The zero-order chi connectivity index (χ0) is 28.1. The molecule has 3 aromatic rings. The molecule has 1 aliphatic rings. The summed E-state index contributed by atoms with van der Waals surface area (Å²) in [7, 11) is 0. The van der Waals surface area contributed by atoms with Gasteiger partial charge in [-0.15, -0.1) is 5.10 Å². The minimum absolute atomic E-state index is 0.0492. The van der Waals surface area contributed by atoms with Gasteiger partial charge in [-0.05, 0) is 25.3 Å². The molecule has 14 nitrogen and oxygen atoms in total. The van der Waals surface area contributed by atoms with Gasteiger partial charge in [0.25, 0.3) is 5.69 Å². The maximum absolute atomic E-state index is 13.0. The van der Waals surface area contributed by atoms with E-state index in [0.717, 1.165) is 31.1 Å². The Bertz CT molecular complexity index is 1340. The monoisotopic (exact) mass is 560 g/mol. The third-order valence-corrected chi connectivity index (χ3v) is 7.64. The third kappa shape index (κ3) is 6.20. The van der Waals surface area contributed by atoms with E-state index in [1.54, 1.807) is 0 Å². The third-order valence-electron chi connectivity index (χ3n) is 6.59. The van der Waals surface area contributed by atoms with Crippen molar-refractivity contribution < 1.29 is 25.0 Å². The summed E-state index contributed by atoms with van der Waals surface area (Å²) in [5.74, 6) is -0.426. The first-order chi connectivity index (χ1) is 18.7. The van der Waals surface area contributed by atoms with Gasteiger partial charge in [-0.2, -0.15) is 0 Å². The number of aromatic hydroxyl groups is 1. The number of nitro benzene ring substituents is 1. The Balaban J connectivity index is 1.55. The molecule has 0 unspecified atom stereocenters. The molecule has 15 heteroatoms. The molecule has 5 N–H and O–H groups in total. The van der Waals surface area contributed by atoms with Crippen LogP contribution in [0.25, 0.3) is 11.2 Å². The van der Waals surface area contributed by atoms with Crippen molar-refractivity contribution >= 4 is 40.3 Å². The van der Waals surface area contributed by atoms with Crippen LogP contribution in [-0.4, -0.2) is 75.6 Å². The average Bonchev–Trinajstić information content (AvgIpc) is 3.47. The van der Waals surface area contributed by atoms with Crippen LogP contribution in [0.5, 0.6) is 5.75 Å². The van der Waals surface area contributed by atoms with Gasteiger partial charge in [-0.3, -0.25) is 14.9 Å². The molecular weight excluding hydrogens is 528 g/mol. The fraction of sp³-hybridized carbons (Fsp3) is 0.542. The number of aliphatic hydroxyl groups excluding tert-OH is 2. The van der Waals surface area contributed by atoms with Gasteiger partial charge in [0.1, 0.15) is 11.9 Å². The van der Waals surface area contributed by atoms with E-state index in [9.17, 15) is 30.2 Å². The number of fused-ring (bicyclic) bond motifs is 1. The van der Waals surface area contributed by atoms with Gasteiger partial charge < -0.3 is 26.0 Å².